The Morgan fingerprint density at radius 3 is 2.76 bits per heavy atom. The fourth-order valence-electron chi connectivity index (χ4n) is 1.77. The normalized spacial score (nSPS) is 11.2. The maximum absolute atomic E-state index is 5.71. The van der Waals surface area contributed by atoms with Gasteiger partial charge in [0.05, 0.1) is 10.7 Å². The van der Waals surface area contributed by atoms with E-state index >= 15 is 0 Å². The molecule has 0 aliphatic rings. The van der Waals surface area contributed by atoms with Crippen LogP contribution in [0.4, 0.5) is 5.69 Å². The predicted molar refractivity (Wildman–Crippen MR) is 69.0 cm³/mol. The van der Waals surface area contributed by atoms with Crippen LogP contribution in [-0.2, 0) is 0 Å². The van der Waals surface area contributed by atoms with E-state index in [9.17, 15) is 0 Å². The molecule has 0 atom stereocenters. The van der Waals surface area contributed by atoms with E-state index in [1.54, 1.807) is 17.4 Å². The lowest BCUT2D eigenvalue weighted by Crippen LogP contribution is -1.81. The molecule has 0 fully saturated rings. The zero-order valence-corrected chi connectivity index (χ0v) is 10.3. The maximum Gasteiger partial charge on any atom is 0.239 e. The summed E-state index contributed by atoms with van der Waals surface area (Å²) in [5.41, 5.74) is 8.87. The number of hydrogen-bond acceptors (Lipinski definition) is 5. The molecule has 0 bridgehead atoms. The zero-order valence-electron chi connectivity index (χ0n) is 9.52. The van der Waals surface area contributed by atoms with Crippen molar-refractivity contribution in [3.8, 4) is 10.8 Å². The topological polar surface area (TPSA) is 64.9 Å². The molecular weight excluding hydrogens is 234 g/mol. The van der Waals surface area contributed by atoms with Crippen molar-refractivity contribution in [2.24, 2.45) is 0 Å². The number of nitrogen functional groups attached to an aromatic ring is 1. The highest BCUT2D eigenvalue weighted by atomic mass is 32.1. The standard InChI is InChI=1S/C12H11N3OS/c1-6-11(17-7(2)14-6)12-15-9-4-3-8(13)5-10(9)16-12/h3-5H,13H2,1-2H3. The number of fused-ring (bicyclic) bond motifs is 1. The molecule has 2 N–H and O–H groups in total. The molecule has 1 aromatic carbocycles. The number of aryl methyl sites for hydroxylation is 2. The van der Waals surface area contributed by atoms with Crippen LogP contribution in [0.5, 0.6) is 0 Å². The molecule has 2 heterocycles. The Kier molecular flexibility index (Phi) is 2.16. The first kappa shape index (κ1) is 10.3. The van der Waals surface area contributed by atoms with Crippen LogP contribution in [0.2, 0.25) is 0 Å². The van der Waals surface area contributed by atoms with Crippen molar-refractivity contribution >= 4 is 28.1 Å². The second kappa shape index (κ2) is 3.56. The zero-order chi connectivity index (χ0) is 12.0. The van der Waals surface area contributed by atoms with Gasteiger partial charge < -0.3 is 10.2 Å². The highest BCUT2D eigenvalue weighted by Gasteiger charge is 2.14. The van der Waals surface area contributed by atoms with Gasteiger partial charge in [0.15, 0.2) is 5.58 Å². The molecule has 86 valence electrons. The summed E-state index contributed by atoms with van der Waals surface area (Å²) in [6, 6.07) is 5.47. The fourth-order valence-corrected chi connectivity index (χ4v) is 2.61. The molecule has 17 heavy (non-hydrogen) atoms. The number of rotatable bonds is 1. The predicted octanol–water partition coefficient (Wildman–Crippen LogP) is 3.15. The van der Waals surface area contributed by atoms with Gasteiger partial charge in [-0.1, -0.05) is 0 Å². The average Bonchev–Trinajstić information content (AvgIpc) is 2.80. The molecular formula is C12H11N3OS. The molecule has 0 unspecified atom stereocenters. The van der Waals surface area contributed by atoms with Crippen LogP contribution in [0.3, 0.4) is 0 Å². The summed E-state index contributed by atoms with van der Waals surface area (Å²) in [6.07, 6.45) is 0. The van der Waals surface area contributed by atoms with Gasteiger partial charge in [-0.15, -0.1) is 11.3 Å². The van der Waals surface area contributed by atoms with Gasteiger partial charge in [-0.05, 0) is 26.0 Å². The first-order valence-electron chi connectivity index (χ1n) is 5.24. The summed E-state index contributed by atoms with van der Waals surface area (Å²) in [5, 5.41) is 1.01. The van der Waals surface area contributed by atoms with Crippen LogP contribution in [-0.4, -0.2) is 9.97 Å². The van der Waals surface area contributed by atoms with Crippen molar-refractivity contribution in [3.63, 3.8) is 0 Å². The summed E-state index contributed by atoms with van der Waals surface area (Å²) in [5.74, 6) is 0.619. The Labute approximate surface area is 102 Å². The summed E-state index contributed by atoms with van der Waals surface area (Å²) >= 11 is 1.59. The highest BCUT2D eigenvalue weighted by molar-refractivity contribution is 7.15. The van der Waals surface area contributed by atoms with Gasteiger partial charge >= 0.3 is 0 Å². The summed E-state index contributed by atoms with van der Waals surface area (Å²) in [7, 11) is 0. The van der Waals surface area contributed by atoms with E-state index in [1.807, 2.05) is 26.0 Å². The molecule has 0 aliphatic carbocycles. The monoisotopic (exact) mass is 245 g/mol. The van der Waals surface area contributed by atoms with Crippen LogP contribution < -0.4 is 5.73 Å². The molecule has 3 aromatic rings. The first-order chi connectivity index (χ1) is 8.13. The summed E-state index contributed by atoms with van der Waals surface area (Å²) < 4.78 is 5.71. The quantitative estimate of drug-likeness (QED) is 0.669. The number of anilines is 1. The maximum atomic E-state index is 5.71. The van der Waals surface area contributed by atoms with Gasteiger partial charge in [0, 0.05) is 11.8 Å². The van der Waals surface area contributed by atoms with Gasteiger partial charge in [-0.3, -0.25) is 0 Å². The van der Waals surface area contributed by atoms with Crippen molar-refractivity contribution in [2.75, 3.05) is 5.73 Å². The fraction of sp³-hybridized carbons (Fsp3) is 0.167. The molecule has 0 amide bonds. The first-order valence-corrected chi connectivity index (χ1v) is 6.05. The lowest BCUT2D eigenvalue weighted by atomic mass is 10.3. The third kappa shape index (κ3) is 1.68. The Bertz CT molecular complexity index is 699. The van der Waals surface area contributed by atoms with E-state index in [2.05, 4.69) is 9.97 Å². The van der Waals surface area contributed by atoms with Gasteiger partial charge in [0.1, 0.15) is 10.4 Å². The molecule has 0 saturated heterocycles. The minimum atomic E-state index is 0.619. The van der Waals surface area contributed by atoms with Gasteiger partial charge in [0.25, 0.3) is 0 Å². The number of benzene rings is 1. The second-order valence-electron chi connectivity index (χ2n) is 3.89. The Morgan fingerprint density at radius 1 is 1.24 bits per heavy atom. The van der Waals surface area contributed by atoms with E-state index in [1.165, 1.54) is 0 Å². The third-order valence-electron chi connectivity index (χ3n) is 2.51. The smallest absolute Gasteiger partial charge is 0.239 e. The number of oxazole rings is 1. The SMILES string of the molecule is Cc1nc(C)c(-c2nc3ccc(N)cc3o2)s1. The van der Waals surface area contributed by atoms with Crippen molar-refractivity contribution in [1.29, 1.82) is 0 Å². The minimum Gasteiger partial charge on any atom is -0.435 e. The van der Waals surface area contributed by atoms with E-state index in [0.29, 0.717) is 17.2 Å². The van der Waals surface area contributed by atoms with Crippen LogP contribution in [0.1, 0.15) is 10.7 Å². The minimum absolute atomic E-state index is 0.619. The molecule has 5 heteroatoms. The number of nitrogens with two attached hydrogens (primary N) is 1. The number of thiazole rings is 1. The van der Waals surface area contributed by atoms with Crippen LogP contribution >= 0.6 is 11.3 Å². The van der Waals surface area contributed by atoms with Crippen molar-refractivity contribution in [3.05, 3.63) is 28.9 Å². The third-order valence-corrected chi connectivity index (χ3v) is 3.57. The van der Waals surface area contributed by atoms with Gasteiger partial charge in [-0.2, -0.15) is 0 Å². The van der Waals surface area contributed by atoms with Crippen molar-refractivity contribution in [1.82, 2.24) is 9.97 Å². The largest absolute Gasteiger partial charge is 0.435 e. The Hall–Kier alpha value is -1.88. The van der Waals surface area contributed by atoms with Crippen LogP contribution in [0.25, 0.3) is 21.9 Å². The number of hydrogen-bond donors (Lipinski definition) is 1. The number of nitrogens with zero attached hydrogens (tertiary/aromatic N) is 2. The van der Waals surface area contributed by atoms with E-state index in [0.717, 1.165) is 21.1 Å². The molecule has 0 radical (unpaired) electrons. The summed E-state index contributed by atoms with van der Waals surface area (Å²) in [4.78, 5) is 9.80. The Morgan fingerprint density at radius 2 is 2.06 bits per heavy atom. The average molecular weight is 245 g/mol. The molecule has 0 spiro atoms. The lowest BCUT2D eigenvalue weighted by molar-refractivity contribution is 0.621. The van der Waals surface area contributed by atoms with E-state index in [4.69, 9.17) is 10.2 Å². The van der Waals surface area contributed by atoms with Gasteiger partial charge in [0.2, 0.25) is 5.89 Å². The lowest BCUT2D eigenvalue weighted by Gasteiger charge is -1.89. The molecule has 0 aliphatic heterocycles. The second-order valence-corrected chi connectivity index (χ2v) is 5.10. The Balaban J connectivity index is 2.21. The van der Waals surface area contributed by atoms with E-state index in [-0.39, 0.29) is 0 Å². The number of aromatic nitrogens is 2. The van der Waals surface area contributed by atoms with Gasteiger partial charge in [-0.25, -0.2) is 9.97 Å². The summed E-state index contributed by atoms with van der Waals surface area (Å²) in [6.45, 7) is 3.93. The van der Waals surface area contributed by atoms with Crippen LogP contribution in [0, 0.1) is 13.8 Å². The molecule has 2 aromatic heterocycles. The molecule has 0 saturated carbocycles. The molecule has 3 rings (SSSR count). The van der Waals surface area contributed by atoms with Crippen molar-refractivity contribution < 1.29 is 4.42 Å². The van der Waals surface area contributed by atoms with Crippen molar-refractivity contribution in [2.45, 2.75) is 13.8 Å². The van der Waals surface area contributed by atoms with E-state index < -0.39 is 0 Å². The highest BCUT2D eigenvalue weighted by Crippen LogP contribution is 2.31. The molecule has 4 nitrogen and oxygen atoms in total. The van der Waals surface area contributed by atoms with Crippen LogP contribution in [0.15, 0.2) is 22.6 Å².